The fraction of sp³-hybridized carbons (Fsp3) is 0.261. The number of para-hydroxylation sites is 1. The lowest BCUT2D eigenvalue weighted by atomic mass is 9.84. The number of aryl methyl sites for hydroxylation is 2. The smallest absolute Gasteiger partial charge is 0.122 e. The lowest BCUT2D eigenvalue weighted by Gasteiger charge is -2.22. The van der Waals surface area contributed by atoms with Gasteiger partial charge in [0.2, 0.25) is 0 Å². The first-order valence-corrected chi connectivity index (χ1v) is 8.77. The van der Waals surface area contributed by atoms with E-state index in [0.717, 1.165) is 35.2 Å². The van der Waals surface area contributed by atoms with Crippen LogP contribution in [0.4, 0.5) is 0 Å². The maximum absolute atomic E-state index is 10.6. The minimum atomic E-state index is -0.0566. The van der Waals surface area contributed by atoms with Crippen molar-refractivity contribution in [3.05, 3.63) is 83.6 Å². The Morgan fingerprint density at radius 1 is 0.880 bits per heavy atom. The molecule has 0 aliphatic heterocycles. The SMILES string of the molecule is CC(C)(C)c1cccc(CCc2cccc(-c3ccccn3)c2)c1O. The summed E-state index contributed by atoms with van der Waals surface area (Å²) in [7, 11) is 0. The quantitative estimate of drug-likeness (QED) is 0.681. The zero-order valence-electron chi connectivity index (χ0n) is 15.2. The van der Waals surface area contributed by atoms with Gasteiger partial charge in [-0.25, -0.2) is 0 Å². The van der Waals surface area contributed by atoms with Crippen LogP contribution in [0.1, 0.15) is 37.5 Å². The topological polar surface area (TPSA) is 33.1 Å². The third-order valence-corrected chi connectivity index (χ3v) is 4.50. The van der Waals surface area contributed by atoms with Crippen molar-refractivity contribution in [3.8, 4) is 17.0 Å². The Kier molecular flexibility index (Phi) is 4.89. The summed E-state index contributed by atoms with van der Waals surface area (Å²) in [6.07, 6.45) is 3.53. The van der Waals surface area contributed by atoms with Gasteiger partial charge in [-0.3, -0.25) is 4.98 Å². The summed E-state index contributed by atoms with van der Waals surface area (Å²) in [6.45, 7) is 6.38. The molecule has 2 aromatic carbocycles. The molecule has 1 aromatic heterocycles. The van der Waals surface area contributed by atoms with E-state index in [1.807, 2.05) is 42.6 Å². The lowest BCUT2D eigenvalue weighted by molar-refractivity contribution is 0.440. The van der Waals surface area contributed by atoms with Gasteiger partial charge in [-0.15, -0.1) is 0 Å². The first kappa shape index (κ1) is 17.2. The molecule has 0 radical (unpaired) electrons. The molecule has 0 spiro atoms. The van der Waals surface area contributed by atoms with Crippen LogP contribution < -0.4 is 0 Å². The minimum Gasteiger partial charge on any atom is -0.507 e. The fourth-order valence-corrected chi connectivity index (χ4v) is 3.10. The summed E-state index contributed by atoms with van der Waals surface area (Å²) in [6, 6.07) is 20.5. The highest BCUT2D eigenvalue weighted by molar-refractivity contribution is 5.59. The second-order valence-electron chi connectivity index (χ2n) is 7.48. The Balaban J connectivity index is 1.79. The maximum atomic E-state index is 10.6. The summed E-state index contributed by atoms with van der Waals surface area (Å²) >= 11 is 0. The summed E-state index contributed by atoms with van der Waals surface area (Å²) < 4.78 is 0. The molecule has 2 nitrogen and oxygen atoms in total. The van der Waals surface area contributed by atoms with Crippen LogP contribution in [0.5, 0.6) is 5.75 Å². The van der Waals surface area contributed by atoms with Crippen molar-refractivity contribution in [2.45, 2.75) is 39.0 Å². The average Bonchev–Trinajstić information content (AvgIpc) is 2.61. The van der Waals surface area contributed by atoms with Gasteiger partial charge in [0.1, 0.15) is 5.75 Å². The van der Waals surface area contributed by atoms with Crippen LogP contribution in [0.15, 0.2) is 66.9 Å². The Morgan fingerprint density at radius 2 is 1.68 bits per heavy atom. The van der Waals surface area contributed by atoms with Crippen LogP contribution in [-0.2, 0) is 18.3 Å². The number of pyridine rings is 1. The van der Waals surface area contributed by atoms with Crippen LogP contribution in [0.25, 0.3) is 11.3 Å². The van der Waals surface area contributed by atoms with Gasteiger partial charge in [0.25, 0.3) is 0 Å². The van der Waals surface area contributed by atoms with Gasteiger partial charge in [-0.05, 0) is 53.1 Å². The molecule has 1 heterocycles. The number of aromatic hydroxyl groups is 1. The Bertz CT molecular complexity index is 847. The Labute approximate surface area is 150 Å². The van der Waals surface area contributed by atoms with E-state index in [9.17, 15) is 5.11 Å². The zero-order valence-corrected chi connectivity index (χ0v) is 15.2. The molecule has 0 amide bonds. The molecule has 0 unspecified atom stereocenters. The molecule has 128 valence electrons. The van der Waals surface area contributed by atoms with Crippen LogP contribution in [0.3, 0.4) is 0 Å². The molecule has 0 aliphatic rings. The Morgan fingerprint density at radius 3 is 2.40 bits per heavy atom. The maximum Gasteiger partial charge on any atom is 0.122 e. The van der Waals surface area contributed by atoms with E-state index in [1.165, 1.54) is 5.56 Å². The zero-order chi connectivity index (χ0) is 17.9. The van der Waals surface area contributed by atoms with Gasteiger partial charge in [0.15, 0.2) is 0 Å². The first-order chi connectivity index (χ1) is 11.9. The summed E-state index contributed by atoms with van der Waals surface area (Å²) in [5.74, 6) is 0.441. The van der Waals surface area contributed by atoms with Gasteiger partial charge in [-0.2, -0.15) is 0 Å². The van der Waals surface area contributed by atoms with Crippen molar-refractivity contribution in [2.75, 3.05) is 0 Å². The second kappa shape index (κ2) is 7.10. The van der Waals surface area contributed by atoms with Gasteiger partial charge in [0.05, 0.1) is 5.69 Å². The molecule has 0 fully saturated rings. The molecule has 0 bridgehead atoms. The predicted molar refractivity (Wildman–Crippen MR) is 104 cm³/mol. The number of nitrogens with zero attached hydrogens (tertiary/aromatic N) is 1. The number of aromatic nitrogens is 1. The molecular formula is C23H25NO. The van der Waals surface area contributed by atoms with Gasteiger partial charge in [-0.1, -0.05) is 63.2 Å². The van der Waals surface area contributed by atoms with E-state index < -0.39 is 0 Å². The summed E-state index contributed by atoms with van der Waals surface area (Å²) in [4.78, 5) is 4.42. The van der Waals surface area contributed by atoms with Gasteiger partial charge in [0, 0.05) is 11.8 Å². The minimum absolute atomic E-state index is 0.0566. The molecule has 1 N–H and O–H groups in total. The molecular weight excluding hydrogens is 306 g/mol. The summed E-state index contributed by atoms with van der Waals surface area (Å²) in [5.41, 5.74) is 5.33. The molecule has 3 aromatic rings. The number of phenolic OH excluding ortho intramolecular Hbond substituents is 1. The fourth-order valence-electron chi connectivity index (χ4n) is 3.10. The number of hydrogen-bond donors (Lipinski definition) is 1. The number of rotatable bonds is 4. The number of phenols is 1. The highest BCUT2D eigenvalue weighted by Gasteiger charge is 2.19. The van der Waals surface area contributed by atoms with Gasteiger partial charge < -0.3 is 5.11 Å². The van der Waals surface area contributed by atoms with E-state index in [-0.39, 0.29) is 5.41 Å². The molecule has 2 heteroatoms. The monoisotopic (exact) mass is 331 g/mol. The van der Waals surface area contributed by atoms with Crippen molar-refractivity contribution >= 4 is 0 Å². The van der Waals surface area contributed by atoms with Crippen LogP contribution >= 0.6 is 0 Å². The first-order valence-electron chi connectivity index (χ1n) is 8.77. The van der Waals surface area contributed by atoms with E-state index in [1.54, 1.807) is 0 Å². The van der Waals surface area contributed by atoms with Crippen LogP contribution in [0.2, 0.25) is 0 Å². The highest BCUT2D eigenvalue weighted by Crippen LogP contribution is 2.33. The average molecular weight is 331 g/mol. The number of hydrogen-bond acceptors (Lipinski definition) is 2. The molecule has 0 atom stereocenters. The second-order valence-corrected chi connectivity index (χ2v) is 7.48. The van der Waals surface area contributed by atoms with E-state index in [0.29, 0.717) is 5.75 Å². The lowest BCUT2D eigenvalue weighted by Crippen LogP contribution is -2.12. The van der Waals surface area contributed by atoms with Crippen LogP contribution in [-0.4, -0.2) is 10.1 Å². The molecule has 3 rings (SSSR count). The van der Waals surface area contributed by atoms with Crippen molar-refractivity contribution in [3.63, 3.8) is 0 Å². The van der Waals surface area contributed by atoms with E-state index >= 15 is 0 Å². The Hall–Kier alpha value is -2.61. The largest absolute Gasteiger partial charge is 0.507 e. The van der Waals surface area contributed by atoms with Gasteiger partial charge >= 0.3 is 0 Å². The third kappa shape index (κ3) is 4.08. The molecule has 0 saturated carbocycles. The van der Waals surface area contributed by atoms with Crippen LogP contribution in [0, 0.1) is 0 Å². The predicted octanol–water partition coefficient (Wildman–Crippen LogP) is 5.54. The number of benzene rings is 2. The molecule has 25 heavy (non-hydrogen) atoms. The molecule has 0 aliphatic carbocycles. The summed E-state index contributed by atoms with van der Waals surface area (Å²) in [5, 5.41) is 10.6. The van der Waals surface area contributed by atoms with Crippen molar-refractivity contribution in [1.82, 2.24) is 4.98 Å². The van der Waals surface area contributed by atoms with Crippen molar-refractivity contribution in [1.29, 1.82) is 0 Å². The standard InChI is InChI=1S/C23H25NO/c1-23(2,3)20-11-7-9-18(22(20)25)14-13-17-8-6-10-19(16-17)21-12-4-5-15-24-21/h4-12,15-16,25H,13-14H2,1-3H3. The van der Waals surface area contributed by atoms with E-state index in [2.05, 4.69) is 50.0 Å². The third-order valence-electron chi connectivity index (χ3n) is 4.50. The highest BCUT2D eigenvalue weighted by atomic mass is 16.3. The van der Waals surface area contributed by atoms with Crippen molar-refractivity contribution in [2.24, 2.45) is 0 Å². The van der Waals surface area contributed by atoms with E-state index in [4.69, 9.17) is 0 Å². The normalized spacial score (nSPS) is 11.5. The van der Waals surface area contributed by atoms with Crippen molar-refractivity contribution < 1.29 is 5.11 Å². The molecule has 0 saturated heterocycles.